The molecule has 7 heteroatoms. The number of amides is 2. The van der Waals surface area contributed by atoms with Gasteiger partial charge in [-0.25, -0.2) is 4.79 Å². The molecule has 2 amide bonds. The highest BCUT2D eigenvalue weighted by molar-refractivity contribution is 5.90. The summed E-state index contributed by atoms with van der Waals surface area (Å²) in [4.78, 5) is 22.3. The van der Waals surface area contributed by atoms with E-state index >= 15 is 0 Å². The smallest absolute Gasteiger partial charge is 0.319 e. The second-order valence-corrected chi connectivity index (χ2v) is 5.17. The van der Waals surface area contributed by atoms with E-state index in [4.69, 9.17) is 5.11 Å². The number of nitro groups is 1. The maximum atomic E-state index is 12.0. The molecule has 0 aliphatic rings. The Labute approximate surface area is 123 Å². The summed E-state index contributed by atoms with van der Waals surface area (Å²) in [6, 6.07) is 3.92. The van der Waals surface area contributed by atoms with Crippen molar-refractivity contribution in [3.63, 3.8) is 0 Å². The Kier molecular flexibility index (Phi) is 6.10. The van der Waals surface area contributed by atoms with Gasteiger partial charge in [-0.15, -0.1) is 0 Å². The molecule has 1 atom stereocenters. The van der Waals surface area contributed by atoms with Gasteiger partial charge in [-0.3, -0.25) is 10.1 Å². The van der Waals surface area contributed by atoms with Crippen molar-refractivity contribution in [2.45, 2.75) is 33.2 Å². The number of urea groups is 1. The number of carbonyl (C=O) groups is 1. The molecule has 0 aliphatic carbocycles. The van der Waals surface area contributed by atoms with Crippen molar-refractivity contribution in [2.75, 3.05) is 11.9 Å². The maximum Gasteiger partial charge on any atom is 0.319 e. The third kappa shape index (κ3) is 4.71. The lowest BCUT2D eigenvalue weighted by Gasteiger charge is -2.22. The summed E-state index contributed by atoms with van der Waals surface area (Å²) < 4.78 is 0. The zero-order chi connectivity index (χ0) is 16.0. The van der Waals surface area contributed by atoms with E-state index in [2.05, 4.69) is 10.6 Å². The monoisotopic (exact) mass is 295 g/mol. The lowest BCUT2D eigenvalue weighted by Crippen LogP contribution is -2.41. The van der Waals surface area contributed by atoms with Gasteiger partial charge in [-0.1, -0.05) is 19.9 Å². The van der Waals surface area contributed by atoms with E-state index in [0.29, 0.717) is 17.7 Å². The highest BCUT2D eigenvalue weighted by atomic mass is 16.6. The summed E-state index contributed by atoms with van der Waals surface area (Å²) in [5.74, 6) is 0.175. The van der Waals surface area contributed by atoms with Crippen LogP contribution >= 0.6 is 0 Å². The molecule has 0 heterocycles. The van der Waals surface area contributed by atoms with Gasteiger partial charge in [-0.05, 0) is 25.3 Å². The Balaban J connectivity index is 2.79. The minimum atomic E-state index is -0.485. The largest absolute Gasteiger partial charge is 0.396 e. The summed E-state index contributed by atoms with van der Waals surface area (Å²) >= 11 is 0. The third-order valence-electron chi connectivity index (χ3n) is 3.31. The van der Waals surface area contributed by atoms with Crippen LogP contribution in [0.25, 0.3) is 0 Å². The summed E-state index contributed by atoms with van der Waals surface area (Å²) in [6.45, 7) is 5.46. The molecule has 3 N–H and O–H groups in total. The van der Waals surface area contributed by atoms with E-state index in [9.17, 15) is 14.9 Å². The van der Waals surface area contributed by atoms with Crippen molar-refractivity contribution in [1.82, 2.24) is 5.32 Å². The van der Waals surface area contributed by atoms with Crippen LogP contribution in [0.3, 0.4) is 0 Å². The summed E-state index contributed by atoms with van der Waals surface area (Å²) in [5, 5.41) is 25.2. The molecule has 1 aromatic carbocycles. The van der Waals surface area contributed by atoms with Crippen LogP contribution in [0.1, 0.15) is 25.8 Å². The van der Waals surface area contributed by atoms with E-state index in [1.165, 1.54) is 12.1 Å². The molecular weight excluding hydrogens is 274 g/mol. The van der Waals surface area contributed by atoms with Crippen LogP contribution in [0.2, 0.25) is 0 Å². The average molecular weight is 295 g/mol. The molecule has 0 saturated heterocycles. The normalized spacial score (nSPS) is 12.0. The number of benzene rings is 1. The van der Waals surface area contributed by atoms with Crippen molar-refractivity contribution in [3.8, 4) is 0 Å². The van der Waals surface area contributed by atoms with E-state index < -0.39 is 11.0 Å². The molecule has 0 radical (unpaired) electrons. The lowest BCUT2D eigenvalue weighted by atomic mass is 10.0. The molecule has 0 aromatic heterocycles. The number of nitrogens with zero attached hydrogens (tertiary/aromatic N) is 1. The minimum Gasteiger partial charge on any atom is -0.396 e. The molecule has 21 heavy (non-hydrogen) atoms. The number of anilines is 1. The first-order chi connectivity index (χ1) is 9.86. The van der Waals surface area contributed by atoms with Crippen molar-refractivity contribution < 1.29 is 14.8 Å². The van der Waals surface area contributed by atoms with Crippen LogP contribution < -0.4 is 10.6 Å². The molecule has 0 aliphatic heterocycles. The number of hydrogen-bond donors (Lipinski definition) is 3. The van der Waals surface area contributed by atoms with Gasteiger partial charge in [0.25, 0.3) is 5.69 Å². The Hall–Kier alpha value is -2.15. The van der Waals surface area contributed by atoms with Gasteiger partial charge in [0.1, 0.15) is 0 Å². The van der Waals surface area contributed by atoms with Gasteiger partial charge < -0.3 is 15.7 Å². The van der Waals surface area contributed by atoms with Gasteiger partial charge >= 0.3 is 6.03 Å². The van der Waals surface area contributed by atoms with Crippen LogP contribution in [0.4, 0.5) is 16.2 Å². The second kappa shape index (κ2) is 7.58. The molecular formula is C14H21N3O4. The van der Waals surface area contributed by atoms with Crippen LogP contribution in [0.5, 0.6) is 0 Å². The molecule has 0 fully saturated rings. The molecule has 0 saturated carbocycles. The SMILES string of the molecule is Cc1c(NC(=O)NC(CCO)C(C)C)cccc1[N+](=O)[O-]. The molecule has 116 valence electrons. The van der Waals surface area contributed by atoms with Crippen molar-refractivity contribution in [3.05, 3.63) is 33.9 Å². The number of nitrogens with one attached hydrogen (secondary N) is 2. The van der Waals surface area contributed by atoms with E-state index in [-0.39, 0.29) is 24.3 Å². The van der Waals surface area contributed by atoms with Gasteiger partial charge in [0, 0.05) is 18.7 Å². The molecule has 0 spiro atoms. The van der Waals surface area contributed by atoms with Crippen LogP contribution in [-0.4, -0.2) is 28.7 Å². The van der Waals surface area contributed by atoms with Crippen LogP contribution in [0.15, 0.2) is 18.2 Å². The van der Waals surface area contributed by atoms with Gasteiger partial charge in [0.2, 0.25) is 0 Å². The highest BCUT2D eigenvalue weighted by Gasteiger charge is 2.18. The number of nitro benzene ring substituents is 1. The van der Waals surface area contributed by atoms with Crippen LogP contribution in [-0.2, 0) is 0 Å². The van der Waals surface area contributed by atoms with Gasteiger partial charge in [0.15, 0.2) is 0 Å². The average Bonchev–Trinajstić information content (AvgIpc) is 2.40. The number of carbonyl (C=O) groups excluding carboxylic acids is 1. The molecule has 1 aromatic rings. The number of aliphatic hydroxyl groups is 1. The topological polar surface area (TPSA) is 104 Å². The molecule has 7 nitrogen and oxygen atoms in total. The lowest BCUT2D eigenvalue weighted by molar-refractivity contribution is -0.385. The highest BCUT2D eigenvalue weighted by Crippen LogP contribution is 2.24. The van der Waals surface area contributed by atoms with Crippen molar-refractivity contribution in [2.24, 2.45) is 5.92 Å². The zero-order valence-corrected chi connectivity index (χ0v) is 12.4. The summed E-state index contributed by atoms with van der Waals surface area (Å²) in [7, 11) is 0. The third-order valence-corrected chi connectivity index (χ3v) is 3.31. The number of aliphatic hydroxyl groups excluding tert-OH is 1. The summed E-state index contributed by atoms with van der Waals surface area (Å²) in [5.41, 5.74) is 0.762. The van der Waals surface area contributed by atoms with E-state index in [1.54, 1.807) is 13.0 Å². The Morgan fingerprint density at radius 1 is 1.43 bits per heavy atom. The van der Waals surface area contributed by atoms with Crippen molar-refractivity contribution >= 4 is 17.4 Å². The molecule has 1 unspecified atom stereocenters. The number of rotatable bonds is 6. The Bertz CT molecular complexity index is 517. The second-order valence-electron chi connectivity index (χ2n) is 5.17. The first kappa shape index (κ1) is 16.9. The fraction of sp³-hybridized carbons (Fsp3) is 0.500. The van der Waals surface area contributed by atoms with Crippen molar-refractivity contribution in [1.29, 1.82) is 0 Å². The predicted molar refractivity (Wildman–Crippen MR) is 80.3 cm³/mol. The summed E-state index contributed by atoms with van der Waals surface area (Å²) in [6.07, 6.45) is 0.457. The molecule has 0 bridgehead atoms. The Morgan fingerprint density at radius 3 is 2.62 bits per heavy atom. The molecule has 1 rings (SSSR count). The quantitative estimate of drug-likeness (QED) is 0.553. The fourth-order valence-electron chi connectivity index (χ4n) is 1.99. The van der Waals surface area contributed by atoms with E-state index in [0.717, 1.165) is 0 Å². The van der Waals surface area contributed by atoms with Crippen LogP contribution in [0, 0.1) is 23.0 Å². The van der Waals surface area contributed by atoms with Gasteiger partial charge in [0.05, 0.1) is 16.2 Å². The zero-order valence-electron chi connectivity index (χ0n) is 12.4. The fourth-order valence-corrected chi connectivity index (χ4v) is 1.99. The Morgan fingerprint density at radius 2 is 2.10 bits per heavy atom. The maximum absolute atomic E-state index is 12.0. The number of hydrogen-bond acceptors (Lipinski definition) is 4. The predicted octanol–water partition coefficient (Wildman–Crippen LogP) is 2.43. The first-order valence-corrected chi connectivity index (χ1v) is 6.79. The first-order valence-electron chi connectivity index (χ1n) is 6.79. The van der Waals surface area contributed by atoms with E-state index in [1.807, 2.05) is 13.8 Å². The van der Waals surface area contributed by atoms with Gasteiger partial charge in [-0.2, -0.15) is 0 Å². The minimum absolute atomic E-state index is 0.0149. The standard InChI is InChI=1S/C14H21N3O4/c1-9(2)11(7-8-18)15-14(19)16-12-5-4-6-13(10(12)3)17(20)21/h4-6,9,11,18H,7-8H2,1-3H3,(H2,15,16,19).